The summed E-state index contributed by atoms with van der Waals surface area (Å²) in [7, 11) is 3.50. The number of nitrogens with zero attached hydrogens (tertiary/aromatic N) is 1. The maximum Gasteiger partial charge on any atom is 0.243 e. The minimum atomic E-state index is -0.799. The number of hydrogen-bond acceptors (Lipinski definition) is 3. The molecule has 1 atom stereocenters. The molecule has 2 N–H and O–H groups in total. The maximum atomic E-state index is 14.0. The third kappa shape index (κ3) is 2.86. The topological polar surface area (TPSA) is 55.6 Å². The van der Waals surface area contributed by atoms with Gasteiger partial charge in [0, 0.05) is 19.2 Å². The number of carbonyl (C=O) groups is 1. The smallest absolute Gasteiger partial charge is 0.243 e. The molecule has 4 nitrogen and oxygen atoms in total. The van der Waals surface area contributed by atoms with Crippen LogP contribution in [-0.2, 0) is 21.4 Å². The van der Waals surface area contributed by atoms with E-state index in [1.807, 2.05) is 18.2 Å². The fourth-order valence-corrected chi connectivity index (χ4v) is 6.29. The van der Waals surface area contributed by atoms with Gasteiger partial charge in [0.25, 0.3) is 0 Å². The normalized spacial score (nSPS) is 29.7. The lowest BCUT2D eigenvalue weighted by molar-refractivity contribution is -0.136. The van der Waals surface area contributed by atoms with E-state index in [1.165, 1.54) is 12.1 Å². The SMILES string of the molecule is COC1CCC2(CC1)Cc1ccc(-c3cc(F)cc(Cl)c3)cc1C21C=C(N)N(C)C1=O. The van der Waals surface area contributed by atoms with Crippen molar-refractivity contribution in [2.45, 2.75) is 43.6 Å². The Morgan fingerprint density at radius 1 is 1.16 bits per heavy atom. The van der Waals surface area contributed by atoms with Gasteiger partial charge in [0.05, 0.1) is 6.10 Å². The van der Waals surface area contributed by atoms with E-state index in [-0.39, 0.29) is 23.2 Å². The largest absolute Gasteiger partial charge is 0.385 e. The summed E-state index contributed by atoms with van der Waals surface area (Å²) in [5, 5.41) is 0.348. The lowest BCUT2D eigenvalue weighted by Gasteiger charge is -2.46. The van der Waals surface area contributed by atoms with E-state index in [2.05, 4.69) is 6.07 Å². The number of carbonyl (C=O) groups excluding carboxylic acids is 1. The van der Waals surface area contributed by atoms with Gasteiger partial charge in [-0.1, -0.05) is 23.7 Å². The van der Waals surface area contributed by atoms with Crippen molar-refractivity contribution in [3.8, 4) is 11.1 Å². The molecule has 0 bridgehead atoms. The average Bonchev–Trinajstić information content (AvgIpc) is 3.14. The summed E-state index contributed by atoms with van der Waals surface area (Å²) in [6.07, 6.45) is 6.65. The monoisotopic (exact) mass is 440 g/mol. The van der Waals surface area contributed by atoms with Crippen molar-refractivity contribution in [3.05, 3.63) is 70.3 Å². The van der Waals surface area contributed by atoms with Crippen LogP contribution in [0.25, 0.3) is 11.1 Å². The molecule has 2 spiro atoms. The molecule has 1 saturated carbocycles. The van der Waals surface area contributed by atoms with Gasteiger partial charge >= 0.3 is 0 Å². The van der Waals surface area contributed by atoms with E-state index in [0.29, 0.717) is 16.4 Å². The van der Waals surface area contributed by atoms with Crippen LogP contribution in [0.5, 0.6) is 0 Å². The van der Waals surface area contributed by atoms with E-state index in [9.17, 15) is 9.18 Å². The standard InChI is InChI=1S/C25H26ClFN2O2/c1-29-22(28)14-25(23(29)30)21-11-15(17-9-18(26)12-19(27)10-17)3-4-16(21)13-24(25)7-5-20(31-2)6-8-24/h3-4,9-12,14,20H,5-8,13,28H2,1-2H3. The Kier molecular flexibility index (Phi) is 4.68. The first-order valence-corrected chi connectivity index (χ1v) is 11.1. The summed E-state index contributed by atoms with van der Waals surface area (Å²) < 4.78 is 19.6. The van der Waals surface area contributed by atoms with Gasteiger partial charge in [-0.15, -0.1) is 0 Å². The van der Waals surface area contributed by atoms with Crippen LogP contribution < -0.4 is 5.73 Å². The molecule has 2 aromatic carbocycles. The van der Waals surface area contributed by atoms with E-state index in [1.54, 1.807) is 25.1 Å². The van der Waals surface area contributed by atoms with Crippen LogP contribution in [0.4, 0.5) is 4.39 Å². The van der Waals surface area contributed by atoms with Crippen LogP contribution in [-0.4, -0.2) is 31.1 Å². The molecule has 2 aromatic rings. The molecule has 0 aromatic heterocycles. The first kappa shape index (κ1) is 20.5. The highest BCUT2D eigenvalue weighted by molar-refractivity contribution is 6.30. The van der Waals surface area contributed by atoms with Gasteiger partial charge in [0.1, 0.15) is 17.1 Å². The molecule has 1 aliphatic heterocycles. The van der Waals surface area contributed by atoms with Crippen LogP contribution >= 0.6 is 11.6 Å². The summed E-state index contributed by atoms with van der Waals surface area (Å²) in [5.74, 6) is 0.132. The molecule has 6 heteroatoms. The second kappa shape index (κ2) is 7.07. The van der Waals surface area contributed by atoms with Crippen LogP contribution in [0.15, 0.2) is 48.3 Å². The van der Waals surface area contributed by atoms with E-state index in [4.69, 9.17) is 22.1 Å². The summed E-state index contributed by atoms with van der Waals surface area (Å²) in [6.45, 7) is 0. The van der Waals surface area contributed by atoms with Crippen LogP contribution in [0, 0.1) is 11.2 Å². The van der Waals surface area contributed by atoms with Gasteiger partial charge < -0.3 is 15.4 Å². The number of fused-ring (bicyclic) bond motifs is 3. The highest BCUT2D eigenvalue weighted by atomic mass is 35.5. The van der Waals surface area contributed by atoms with Crippen molar-refractivity contribution >= 4 is 17.5 Å². The Labute approximate surface area is 186 Å². The Balaban J connectivity index is 1.68. The first-order valence-electron chi connectivity index (χ1n) is 10.7. The number of nitrogens with two attached hydrogens (primary N) is 1. The number of amides is 1. The molecule has 0 saturated heterocycles. The zero-order valence-corrected chi connectivity index (χ0v) is 18.5. The third-order valence-corrected chi connectivity index (χ3v) is 7.93. The highest BCUT2D eigenvalue weighted by Crippen LogP contribution is 2.62. The average molecular weight is 441 g/mol. The van der Waals surface area contributed by atoms with Gasteiger partial charge in [-0.2, -0.15) is 0 Å². The van der Waals surface area contributed by atoms with Crippen LogP contribution in [0.3, 0.4) is 0 Å². The molecular formula is C25H26ClFN2O2. The molecule has 1 heterocycles. The lowest BCUT2D eigenvalue weighted by atomic mass is 9.57. The van der Waals surface area contributed by atoms with Crippen molar-refractivity contribution in [2.24, 2.45) is 11.1 Å². The van der Waals surface area contributed by atoms with Gasteiger partial charge in [-0.05, 0) is 90.1 Å². The number of halogens is 2. The molecule has 3 aliphatic rings. The van der Waals surface area contributed by atoms with Crippen molar-refractivity contribution in [1.29, 1.82) is 0 Å². The Morgan fingerprint density at radius 2 is 1.90 bits per heavy atom. The highest BCUT2D eigenvalue weighted by Gasteiger charge is 2.64. The summed E-state index contributed by atoms with van der Waals surface area (Å²) >= 11 is 6.10. The summed E-state index contributed by atoms with van der Waals surface area (Å²) in [5.41, 5.74) is 8.95. The number of benzene rings is 2. The quantitative estimate of drug-likeness (QED) is 0.730. The zero-order valence-electron chi connectivity index (χ0n) is 17.8. The number of rotatable bonds is 2. The maximum absolute atomic E-state index is 14.0. The summed E-state index contributed by atoms with van der Waals surface area (Å²) in [4.78, 5) is 15.3. The molecule has 0 radical (unpaired) electrons. The number of ether oxygens (including phenoxy) is 1. The Bertz CT molecular complexity index is 1090. The van der Waals surface area contributed by atoms with Gasteiger partial charge in [-0.3, -0.25) is 4.79 Å². The lowest BCUT2D eigenvalue weighted by Crippen LogP contribution is -2.51. The minimum absolute atomic E-state index is 0.0223. The minimum Gasteiger partial charge on any atom is -0.385 e. The van der Waals surface area contributed by atoms with Crippen molar-refractivity contribution < 1.29 is 13.9 Å². The van der Waals surface area contributed by atoms with Crippen LogP contribution in [0.2, 0.25) is 5.02 Å². The fourth-order valence-electron chi connectivity index (χ4n) is 6.07. The second-order valence-corrected chi connectivity index (χ2v) is 9.60. The van der Waals surface area contributed by atoms with Gasteiger partial charge in [-0.25, -0.2) is 4.39 Å². The molecule has 1 fully saturated rings. The second-order valence-electron chi connectivity index (χ2n) is 9.16. The number of likely N-dealkylation sites (N-methyl/N-ethyl adjacent to an activating group) is 1. The molecule has 31 heavy (non-hydrogen) atoms. The number of hydrogen-bond donors (Lipinski definition) is 1. The first-order chi connectivity index (χ1) is 14.8. The van der Waals surface area contributed by atoms with Crippen molar-refractivity contribution in [3.63, 3.8) is 0 Å². The molecule has 162 valence electrons. The molecule has 5 rings (SSSR count). The third-order valence-electron chi connectivity index (χ3n) is 7.71. The van der Waals surface area contributed by atoms with Gasteiger partial charge in [0.15, 0.2) is 0 Å². The van der Waals surface area contributed by atoms with Crippen molar-refractivity contribution in [2.75, 3.05) is 14.2 Å². The predicted molar refractivity (Wildman–Crippen MR) is 119 cm³/mol. The summed E-state index contributed by atoms with van der Waals surface area (Å²) in [6, 6.07) is 10.6. The fraction of sp³-hybridized carbons (Fsp3) is 0.400. The Morgan fingerprint density at radius 3 is 2.52 bits per heavy atom. The number of methoxy groups -OCH3 is 1. The molecule has 1 unspecified atom stereocenters. The van der Waals surface area contributed by atoms with E-state index < -0.39 is 5.41 Å². The van der Waals surface area contributed by atoms with E-state index >= 15 is 0 Å². The van der Waals surface area contributed by atoms with Crippen LogP contribution in [0.1, 0.15) is 36.8 Å². The Hall–Kier alpha value is -2.37. The zero-order chi connectivity index (χ0) is 22.0. The molecule has 1 amide bonds. The molecular weight excluding hydrogens is 415 g/mol. The predicted octanol–water partition coefficient (Wildman–Crippen LogP) is 4.79. The van der Waals surface area contributed by atoms with E-state index in [0.717, 1.165) is 48.8 Å². The van der Waals surface area contributed by atoms with Crippen molar-refractivity contribution in [1.82, 2.24) is 4.90 Å². The molecule has 2 aliphatic carbocycles. The van der Waals surface area contributed by atoms with Gasteiger partial charge in [0.2, 0.25) is 5.91 Å².